The first kappa shape index (κ1) is 29.9. The van der Waals surface area contributed by atoms with Crippen molar-refractivity contribution in [2.24, 2.45) is 5.10 Å². The third-order valence-electron chi connectivity index (χ3n) is 6.67. The Morgan fingerprint density at radius 2 is 2.07 bits per heavy atom. The molecule has 1 unspecified atom stereocenters. The van der Waals surface area contributed by atoms with Gasteiger partial charge in [-0.2, -0.15) is 9.78 Å². The van der Waals surface area contributed by atoms with Crippen molar-refractivity contribution in [1.29, 1.82) is 0 Å². The van der Waals surface area contributed by atoms with Crippen LogP contribution >= 0.6 is 24.0 Å². The van der Waals surface area contributed by atoms with Crippen molar-refractivity contribution in [1.82, 2.24) is 35.6 Å². The van der Waals surface area contributed by atoms with Gasteiger partial charge in [-0.15, -0.1) is 17.5 Å². The van der Waals surface area contributed by atoms with E-state index in [0.717, 1.165) is 25.8 Å². The lowest BCUT2D eigenvalue weighted by Crippen LogP contribution is -2.38. The van der Waals surface area contributed by atoms with Crippen molar-refractivity contribution in [3.05, 3.63) is 75.8 Å². The Morgan fingerprint density at radius 1 is 1.27 bits per heavy atom. The number of carbonyl (C=O) groups is 1. The predicted octanol–water partition coefficient (Wildman–Crippen LogP) is 4.16. The second kappa shape index (κ2) is 13.5. The number of nitrogens with two attached hydrogens (primary N) is 1. The number of hydrogen-bond acceptors (Lipinski definition) is 10. The van der Waals surface area contributed by atoms with Crippen molar-refractivity contribution in [2.45, 2.75) is 45.4 Å². The fraction of sp³-hybridized carbons (Fsp3) is 0.308. The maximum absolute atomic E-state index is 14.0. The molecule has 2 aromatic carbocycles. The van der Waals surface area contributed by atoms with E-state index in [9.17, 15) is 9.18 Å². The highest BCUT2D eigenvalue weighted by Crippen LogP contribution is 2.23. The van der Waals surface area contributed by atoms with Gasteiger partial charge in [-0.3, -0.25) is 9.69 Å². The Kier molecular flexibility index (Phi) is 9.86. The number of benzene rings is 2. The zero-order valence-electron chi connectivity index (χ0n) is 22.0. The van der Waals surface area contributed by atoms with Gasteiger partial charge in [0.25, 0.3) is 5.91 Å². The molecule has 0 bridgehead atoms. The maximum atomic E-state index is 14.0. The average Bonchev–Trinajstić information content (AvgIpc) is 3.56. The molecule has 4 aromatic rings. The second-order valence-corrected chi connectivity index (χ2v) is 9.75. The lowest BCUT2D eigenvalue weighted by molar-refractivity contribution is 0.0945. The smallest absolute Gasteiger partial charge is 0.293 e. The fourth-order valence-electron chi connectivity index (χ4n) is 4.41. The molecular formula is C26H28Cl2FN9O3. The van der Waals surface area contributed by atoms with Crippen LogP contribution in [0.5, 0.6) is 5.75 Å². The Morgan fingerprint density at radius 3 is 2.78 bits per heavy atom. The van der Waals surface area contributed by atoms with Crippen molar-refractivity contribution in [3.8, 4) is 11.6 Å². The van der Waals surface area contributed by atoms with Crippen LogP contribution in [0.25, 0.3) is 5.82 Å². The van der Waals surface area contributed by atoms with E-state index in [-0.39, 0.29) is 41.9 Å². The number of nitrogens with zero attached hydrogens (tertiary/aromatic N) is 7. The molecule has 41 heavy (non-hydrogen) atoms. The fourth-order valence-corrected chi connectivity index (χ4v) is 4.62. The van der Waals surface area contributed by atoms with Gasteiger partial charge < -0.3 is 10.5 Å². The molecule has 2 aromatic heterocycles. The first-order chi connectivity index (χ1) is 19.4. The summed E-state index contributed by atoms with van der Waals surface area (Å²) in [6.45, 7) is 3.43. The van der Waals surface area contributed by atoms with Crippen LogP contribution in [0.15, 0.2) is 52.2 Å². The minimum atomic E-state index is -0.543. The summed E-state index contributed by atoms with van der Waals surface area (Å²) in [7, 11) is 0. The van der Waals surface area contributed by atoms with Gasteiger partial charge in [0, 0.05) is 18.2 Å². The Balaban J connectivity index is 0.00000387. The number of likely N-dealkylation sites (tertiary alicyclic amines) is 1. The number of hydrogen-bond donors (Lipinski definition) is 2. The summed E-state index contributed by atoms with van der Waals surface area (Å²) in [4.78, 5) is 15.3. The Labute approximate surface area is 246 Å². The first-order valence-corrected chi connectivity index (χ1v) is 13.0. The van der Waals surface area contributed by atoms with Crippen LogP contribution in [-0.2, 0) is 13.2 Å². The summed E-state index contributed by atoms with van der Waals surface area (Å²) in [5.74, 6) is -0.252. The molecule has 216 valence electrons. The molecule has 5 rings (SSSR count). The molecule has 15 heteroatoms. The van der Waals surface area contributed by atoms with Crippen LogP contribution in [-0.4, -0.2) is 54.9 Å². The normalized spacial score (nSPS) is 15.5. The molecule has 0 aliphatic carbocycles. The molecule has 1 aliphatic heterocycles. The quantitative estimate of drug-likeness (QED) is 0.212. The van der Waals surface area contributed by atoms with Gasteiger partial charge in [0.2, 0.25) is 11.6 Å². The molecule has 3 N–H and O–H groups in total. The number of aromatic nitrogens is 5. The molecule has 1 aliphatic rings. The minimum Gasteiger partial charge on any atom is -0.489 e. The second-order valence-electron chi connectivity index (χ2n) is 9.34. The number of amides is 1. The maximum Gasteiger partial charge on any atom is 0.293 e. The summed E-state index contributed by atoms with van der Waals surface area (Å²) in [6.07, 6.45) is 4.75. The van der Waals surface area contributed by atoms with E-state index in [4.69, 9.17) is 26.7 Å². The van der Waals surface area contributed by atoms with Crippen molar-refractivity contribution in [3.63, 3.8) is 0 Å². The molecular weight excluding hydrogens is 576 g/mol. The largest absolute Gasteiger partial charge is 0.489 e. The highest BCUT2D eigenvalue weighted by molar-refractivity contribution is 6.31. The lowest BCUT2D eigenvalue weighted by atomic mass is 10.0. The number of ether oxygens (including phenoxy) is 1. The molecule has 1 fully saturated rings. The van der Waals surface area contributed by atoms with E-state index >= 15 is 0 Å². The summed E-state index contributed by atoms with van der Waals surface area (Å²) in [5, 5.41) is 20.0. The van der Waals surface area contributed by atoms with Gasteiger partial charge in [0.05, 0.1) is 16.9 Å². The van der Waals surface area contributed by atoms with Gasteiger partial charge in [-0.25, -0.2) is 14.4 Å². The zero-order chi connectivity index (χ0) is 28.1. The number of anilines is 1. The molecule has 3 heterocycles. The summed E-state index contributed by atoms with van der Waals surface area (Å²) >= 11 is 6.05. The number of nitrogens with one attached hydrogen (secondary N) is 1. The van der Waals surface area contributed by atoms with Crippen molar-refractivity contribution >= 4 is 41.9 Å². The SMILES string of the molecule is CC1CCCCN1Cc1c(C(=O)N/N=C\c2ccc(OCc3c(F)cccc3Cl)cc2)nnn1-c1nonc1N.Cl. The third-order valence-corrected chi connectivity index (χ3v) is 7.03. The third kappa shape index (κ3) is 6.99. The zero-order valence-corrected chi connectivity index (χ0v) is 23.6. The summed E-state index contributed by atoms with van der Waals surface area (Å²) in [5.41, 5.74) is 9.95. The molecule has 0 radical (unpaired) electrons. The first-order valence-electron chi connectivity index (χ1n) is 12.7. The standard InChI is InChI=1S/C26H27ClFN9O3.ClH/c1-16-5-2-3-12-36(16)14-22-23(31-35-37(22)25-24(29)33-40-34-25)26(38)32-30-13-17-8-10-18(11-9-17)39-15-19-20(27)6-4-7-21(19)28;/h4,6-11,13,16H,2-3,5,12,14-15H2,1H3,(H2,29,33)(H,32,38);1H/b30-13-;. The van der Waals surface area contributed by atoms with Crippen LogP contribution in [0.4, 0.5) is 10.2 Å². The highest BCUT2D eigenvalue weighted by Gasteiger charge is 2.28. The topological polar surface area (TPSA) is 150 Å². The molecule has 1 saturated heterocycles. The molecule has 0 spiro atoms. The van der Waals surface area contributed by atoms with E-state index in [1.165, 1.54) is 23.0 Å². The van der Waals surface area contributed by atoms with Gasteiger partial charge >= 0.3 is 0 Å². The summed E-state index contributed by atoms with van der Waals surface area (Å²) < 4.78 is 25.7. The lowest BCUT2D eigenvalue weighted by Gasteiger charge is -2.33. The van der Waals surface area contributed by atoms with Gasteiger partial charge in [-0.05, 0) is 78.6 Å². The van der Waals surface area contributed by atoms with E-state index in [2.05, 4.69) is 43.0 Å². The van der Waals surface area contributed by atoms with E-state index in [1.807, 2.05) is 0 Å². The van der Waals surface area contributed by atoms with Crippen LogP contribution < -0.4 is 15.9 Å². The number of halogens is 3. The van der Waals surface area contributed by atoms with Crippen molar-refractivity contribution in [2.75, 3.05) is 12.3 Å². The van der Waals surface area contributed by atoms with Gasteiger partial charge in [-0.1, -0.05) is 29.3 Å². The van der Waals surface area contributed by atoms with Crippen LogP contribution in [0.3, 0.4) is 0 Å². The van der Waals surface area contributed by atoms with Gasteiger partial charge in [0.15, 0.2) is 5.69 Å². The number of nitrogen functional groups attached to an aromatic ring is 1. The van der Waals surface area contributed by atoms with E-state index in [0.29, 0.717) is 34.6 Å². The molecule has 12 nitrogen and oxygen atoms in total. The molecule has 0 saturated carbocycles. The summed E-state index contributed by atoms with van der Waals surface area (Å²) in [6, 6.07) is 11.7. The average molecular weight is 604 g/mol. The number of piperidine rings is 1. The monoisotopic (exact) mass is 603 g/mol. The number of carbonyl (C=O) groups excluding carboxylic acids is 1. The molecule has 1 amide bonds. The Hall–Kier alpha value is -4.07. The van der Waals surface area contributed by atoms with E-state index in [1.54, 1.807) is 30.3 Å². The van der Waals surface area contributed by atoms with Crippen LogP contribution in [0.2, 0.25) is 5.02 Å². The minimum absolute atomic E-state index is 0. The van der Waals surface area contributed by atoms with Crippen LogP contribution in [0.1, 0.15) is 53.5 Å². The number of rotatable bonds is 9. The predicted molar refractivity (Wildman–Crippen MR) is 152 cm³/mol. The highest BCUT2D eigenvalue weighted by atomic mass is 35.5. The van der Waals surface area contributed by atoms with Crippen LogP contribution in [0, 0.1) is 5.82 Å². The Bertz CT molecular complexity index is 1490. The van der Waals surface area contributed by atoms with E-state index < -0.39 is 11.7 Å². The van der Waals surface area contributed by atoms with Gasteiger partial charge in [0.1, 0.15) is 18.2 Å². The molecule has 1 atom stereocenters. The van der Waals surface area contributed by atoms with Crippen molar-refractivity contribution < 1.29 is 18.6 Å². The number of hydrazone groups is 1.